The van der Waals surface area contributed by atoms with Gasteiger partial charge >= 0.3 is 0 Å². The predicted octanol–water partition coefficient (Wildman–Crippen LogP) is 2.20. The van der Waals surface area contributed by atoms with Crippen LogP contribution < -0.4 is 4.90 Å². The summed E-state index contributed by atoms with van der Waals surface area (Å²) in [6, 6.07) is 5.58. The third-order valence-electron chi connectivity index (χ3n) is 2.45. The number of imide groups is 1. The molecule has 1 aromatic rings. The van der Waals surface area contributed by atoms with Gasteiger partial charge in [-0.2, -0.15) is 0 Å². The molecule has 1 rings (SSSR count). The standard InChI is InChI=1S/C12H15NO2/c1-8-6-5-7-12(9(8)2)13(10(3)14)11(4)15/h5-7H,1-4H3. The second-order valence-electron chi connectivity index (χ2n) is 3.59. The van der Waals surface area contributed by atoms with Crippen molar-refractivity contribution >= 4 is 17.5 Å². The van der Waals surface area contributed by atoms with E-state index < -0.39 is 0 Å². The first-order valence-corrected chi connectivity index (χ1v) is 4.82. The first-order valence-electron chi connectivity index (χ1n) is 4.82. The fraction of sp³-hybridized carbons (Fsp3) is 0.333. The Kier molecular flexibility index (Phi) is 3.24. The molecule has 0 saturated heterocycles. The maximum atomic E-state index is 11.4. The highest BCUT2D eigenvalue weighted by Crippen LogP contribution is 2.22. The SMILES string of the molecule is CC(=O)N(C(C)=O)c1cccc(C)c1C. The van der Waals surface area contributed by atoms with Crippen LogP contribution in [0.15, 0.2) is 18.2 Å². The summed E-state index contributed by atoms with van der Waals surface area (Å²) in [6.45, 7) is 6.65. The third-order valence-corrected chi connectivity index (χ3v) is 2.45. The van der Waals surface area contributed by atoms with Gasteiger partial charge in [-0.1, -0.05) is 12.1 Å². The van der Waals surface area contributed by atoms with Gasteiger partial charge in [-0.25, -0.2) is 0 Å². The van der Waals surface area contributed by atoms with Crippen LogP contribution in [0.3, 0.4) is 0 Å². The van der Waals surface area contributed by atoms with E-state index in [-0.39, 0.29) is 11.8 Å². The van der Waals surface area contributed by atoms with Gasteiger partial charge in [0.1, 0.15) is 0 Å². The molecular formula is C12H15NO2. The zero-order valence-electron chi connectivity index (χ0n) is 9.50. The number of hydrogen-bond acceptors (Lipinski definition) is 2. The molecule has 0 saturated carbocycles. The van der Waals surface area contributed by atoms with Crippen molar-refractivity contribution in [1.82, 2.24) is 0 Å². The lowest BCUT2D eigenvalue weighted by atomic mass is 10.1. The molecule has 0 spiro atoms. The van der Waals surface area contributed by atoms with Crippen LogP contribution in [0.4, 0.5) is 5.69 Å². The van der Waals surface area contributed by atoms with Crippen molar-refractivity contribution < 1.29 is 9.59 Å². The van der Waals surface area contributed by atoms with Crippen LogP contribution >= 0.6 is 0 Å². The molecule has 0 unspecified atom stereocenters. The average Bonchev–Trinajstić information content (AvgIpc) is 2.11. The Balaban J connectivity index is 3.29. The average molecular weight is 205 g/mol. The molecule has 3 nitrogen and oxygen atoms in total. The van der Waals surface area contributed by atoms with Crippen LogP contribution in [0, 0.1) is 13.8 Å². The van der Waals surface area contributed by atoms with Gasteiger partial charge in [0, 0.05) is 13.8 Å². The topological polar surface area (TPSA) is 37.4 Å². The van der Waals surface area contributed by atoms with Crippen molar-refractivity contribution in [2.45, 2.75) is 27.7 Å². The van der Waals surface area contributed by atoms with E-state index in [4.69, 9.17) is 0 Å². The predicted molar refractivity (Wildman–Crippen MR) is 59.8 cm³/mol. The van der Waals surface area contributed by atoms with Crippen LogP contribution in [0.5, 0.6) is 0 Å². The zero-order chi connectivity index (χ0) is 11.6. The lowest BCUT2D eigenvalue weighted by molar-refractivity contribution is -0.124. The normalized spacial score (nSPS) is 9.87. The quantitative estimate of drug-likeness (QED) is 0.704. The Hall–Kier alpha value is -1.64. The minimum absolute atomic E-state index is 0.254. The number of amides is 2. The van der Waals surface area contributed by atoms with E-state index in [1.807, 2.05) is 26.0 Å². The highest BCUT2D eigenvalue weighted by molar-refractivity contribution is 6.13. The first kappa shape index (κ1) is 11.4. The molecule has 0 heterocycles. The monoisotopic (exact) mass is 205 g/mol. The maximum Gasteiger partial charge on any atom is 0.230 e. The molecule has 0 N–H and O–H groups in total. The summed E-state index contributed by atoms with van der Waals surface area (Å²) in [5.41, 5.74) is 2.71. The van der Waals surface area contributed by atoms with E-state index in [1.54, 1.807) is 6.07 Å². The number of anilines is 1. The van der Waals surface area contributed by atoms with Gasteiger partial charge in [0.05, 0.1) is 5.69 Å². The molecule has 15 heavy (non-hydrogen) atoms. The minimum Gasteiger partial charge on any atom is -0.274 e. The molecule has 0 atom stereocenters. The van der Waals surface area contributed by atoms with E-state index >= 15 is 0 Å². The summed E-state index contributed by atoms with van der Waals surface area (Å²) >= 11 is 0. The first-order chi connectivity index (χ1) is 6.95. The molecule has 2 amide bonds. The van der Waals surface area contributed by atoms with Crippen molar-refractivity contribution in [1.29, 1.82) is 0 Å². The second kappa shape index (κ2) is 4.26. The van der Waals surface area contributed by atoms with Gasteiger partial charge in [0.25, 0.3) is 0 Å². The Morgan fingerprint density at radius 2 is 1.60 bits per heavy atom. The molecule has 0 aliphatic heterocycles. The van der Waals surface area contributed by atoms with Crippen molar-refractivity contribution in [2.75, 3.05) is 4.90 Å². The van der Waals surface area contributed by atoms with Crippen LogP contribution in [-0.2, 0) is 9.59 Å². The summed E-state index contributed by atoms with van der Waals surface area (Å²) in [4.78, 5) is 23.9. The molecule has 0 aliphatic rings. The lowest BCUT2D eigenvalue weighted by Gasteiger charge is -2.20. The summed E-state index contributed by atoms with van der Waals surface area (Å²) in [5.74, 6) is -0.507. The molecule has 1 aromatic carbocycles. The van der Waals surface area contributed by atoms with Gasteiger partial charge in [0.15, 0.2) is 0 Å². The molecule has 0 aliphatic carbocycles. The molecule has 0 fully saturated rings. The number of carbonyl (C=O) groups excluding carboxylic acids is 2. The Bertz CT molecular complexity index is 396. The van der Waals surface area contributed by atoms with E-state index in [2.05, 4.69) is 0 Å². The van der Waals surface area contributed by atoms with Gasteiger partial charge in [-0.3, -0.25) is 14.5 Å². The smallest absolute Gasteiger partial charge is 0.230 e. The lowest BCUT2D eigenvalue weighted by Crippen LogP contribution is -2.33. The maximum absolute atomic E-state index is 11.4. The number of rotatable bonds is 1. The summed E-state index contributed by atoms with van der Waals surface area (Å²) in [6.07, 6.45) is 0. The highest BCUT2D eigenvalue weighted by atomic mass is 16.2. The van der Waals surface area contributed by atoms with Crippen LogP contribution in [0.2, 0.25) is 0 Å². The summed E-state index contributed by atoms with van der Waals surface area (Å²) < 4.78 is 0. The van der Waals surface area contributed by atoms with Crippen LogP contribution in [0.25, 0.3) is 0 Å². The molecule has 0 aromatic heterocycles. The van der Waals surface area contributed by atoms with Gasteiger partial charge in [-0.15, -0.1) is 0 Å². The zero-order valence-corrected chi connectivity index (χ0v) is 9.50. The Morgan fingerprint density at radius 1 is 1.07 bits per heavy atom. The van der Waals surface area contributed by atoms with E-state index in [1.165, 1.54) is 18.7 Å². The van der Waals surface area contributed by atoms with Crippen molar-refractivity contribution in [2.24, 2.45) is 0 Å². The third kappa shape index (κ3) is 2.24. The summed E-state index contributed by atoms with van der Waals surface area (Å²) in [7, 11) is 0. The Morgan fingerprint density at radius 3 is 2.07 bits per heavy atom. The fourth-order valence-corrected chi connectivity index (χ4v) is 1.54. The molecule has 0 radical (unpaired) electrons. The van der Waals surface area contributed by atoms with E-state index in [9.17, 15) is 9.59 Å². The molecule has 80 valence electrons. The van der Waals surface area contributed by atoms with Gasteiger partial charge in [0.2, 0.25) is 11.8 Å². The highest BCUT2D eigenvalue weighted by Gasteiger charge is 2.18. The van der Waals surface area contributed by atoms with E-state index in [0.29, 0.717) is 5.69 Å². The Labute approximate surface area is 89.7 Å². The van der Waals surface area contributed by atoms with Crippen molar-refractivity contribution in [3.8, 4) is 0 Å². The second-order valence-corrected chi connectivity index (χ2v) is 3.59. The molecule has 3 heteroatoms. The van der Waals surface area contributed by atoms with Crippen LogP contribution in [-0.4, -0.2) is 11.8 Å². The fourth-order valence-electron chi connectivity index (χ4n) is 1.54. The van der Waals surface area contributed by atoms with Gasteiger partial charge in [-0.05, 0) is 31.0 Å². The number of benzene rings is 1. The summed E-state index contributed by atoms with van der Waals surface area (Å²) in [5, 5.41) is 0. The largest absolute Gasteiger partial charge is 0.274 e. The van der Waals surface area contributed by atoms with Crippen molar-refractivity contribution in [3.63, 3.8) is 0 Å². The van der Waals surface area contributed by atoms with Gasteiger partial charge < -0.3 is 0 Å². The minimum atomic E-state index is -0.254. The number of aryl methyl sites for hydroxylation is 1. The molecule has 0 bridgehead atoms. The van der Waals surface area contributed by atoms with Crippen LogP contribution in [0.1, 0.15) is 25.0 Å². The number of hydrogen-bond donors (Lipinski definition) is 0. The number of carbonyl (C=O) groups is 2. The van der Waals surface area contributed by atoms with Crippen molar-refractivity contribution in [3.05, 3.63) is 29.3 Å². The number of nitrogens with zero attached hydrogens (tertiary/aromatic N) is 1. The van der Waals surface area contributed by atoms with E-state index in [0.717, 1.165) is 11.1 Å². The molecular weight excluding hydrogens is 190 g/mol.